The van der Waals surface area contributed by atoms with E-state index in [-0.39, 0.29) is 5.75 Å². The van der Waals surface area contributed by atoms with Crippen LogP contribution in [0.5, 0.6) is 11.5 Å². The number of aromatic nitrogens is 1. The van der Waals surface area contributed by atoms with Gasteiger partial charge in [0.05, 0.1) is 7.11 Å². The molecule has 0 atom stereocenters. The minimum atomic E-state index is 0.153. The molecule has 1 N–H and O–H groups in total. The van der Waals surface area contributed by atoms with E-state index in [9.17, 15) is 5.11 Å². The highest BCUT2D eigenvalue weighted by molar-refractivity contribution is 5.69. The SMILES string of the molecule is COc1c[c]c(-c2ccncc2)c(O)c1. The van der Waals surface area contributed by atoms with Crippen LogP contribution in [0, 0.1) is 6.07 Å². The van der Waals surface area contributed by atoms with Gasteiger partial charge < -0.3 is 9.84 Å². The van der Waals surface area contributed by atoms with Crippen LogP contribution in [0.2, 0.25) is 0 Å². The molecule has 0 aliphatic heterocycles. The van der Waals surface area contributed by atoms with E-state index in [2.05, 4.69) is 11.1 Å². The molecule has 1 aromatic carbocycles. The minimum Gasteiger partial charge on any atom is -0.507 e. The number of rotatable bonds is 2. The van der Waals surface area contributed by atoms with Crippen LogP contribution in [0.1, 0.15) is 0 Å². The van der Waals surface area contributed by atoms with Gasteiger partial charge in [-0.15, -0.1) is 0 Å². The van der Waals surface area contributed by atoms with Crippen LogP contribution < -0.4 is 4.74 Å². The van der Waals surface area contributed by atoms with Crippen molar-refractivity contribution < 1.29 is 9.84 Å². The van der Waals surface area contributed by atoms with E-state index < -0.39 is 0 Å². The fourth-order valence-electron chi connectivity index (χ4n) is 1.33. The standard InChI is InChI=1S/C12H10NO2/c1-15-10-2-3-11(12(14)8-10)9-4-6-13-7-5-9/h2,4-8,14H,1H3. The molecule has 3 nitrogen and oxygen atoms in total. The van der Waals surface area contributed by atoms with E-state index in [0.29, 0.717) is 11.3 Å². The van der Waals surface area contributed by atoms with Crippen molar-refractivity contribution in [1.29, 1.82) is 0 Å². The van der Waals surface area contributed by atoms with Gasteiger partial charge in [-0.3, -0.25) is 4.98 Å². The van der Waals surface area contributed by atoms with Gasteiger partial charge in [-0.1, -0.05) is 0 Å². The van der Waals surface area contributed by atoms with Crippen LogP contribution >= 0.6 is 0 Å². The van der Waals surface area contributed by atoms with Crippen molar-refractivity contribution in [2.75, 3.05) is 7.11 Å². The first-order chi connectivity index (χ1) is 7.31. The van der Waals surface area contributed by atoms with Crippen molar-refractivity contribution in [2.45, 2.75) is 0 Å². The summed E-state index contributed by atoms with van der Waals surface area (Å²) in [5.41, 5.74) is 1.53. The van der Waals surface area contributed by atoms with Gasteiger partial charge in [0.25, 0.3) is 0 Å². The van der Waals surface area contributed by atoms with Crippen LogP contribution in [0.15, 0.2) is 36.7 Å². The van der Waals surface area contributed by atoms with Crippen LogP contribution in [0.4, 0.5) is 0 Å². The molecule has 0 unspecified atom stereocenters. The number of aromatic hydroxyl groups is 1. The number of methoxy groups -OCH3 is 1. The molecule has 0 spiro atoms. The summed E-state index contributed by atoms with van der Waals surface area (Å²) >= 11 is 0. The molecule has 0 aliphatic rings. The van der Waals surface area contributed by atoms with Crippen LogP contribution in [0.25, 0.3) is 11.1 Å². The fourth-order valence-corrected chi connectivity index (χ4v) is 1.33. The highest BCUT2D eigenvalue weighted by atomic mass is 16.5. The summed E-state index contributed by atoms with van der Waals surface area (Å²) in [6, 6.07) is 9.86. The Morgan fingerprint density at radius 1 is 1.33 bits per heavy atom. The Bertz CT molecular complexity index is 454. The molecule has 0 aliphatic carbocycles. The molecule has 0 amide bonds. The summed E-state index contributed by atoms with van der Waals surface area (Å²) in [4.78, 5) is 3.91. The molecular weight excluding hydrogens is 190 g/mol. The third kappa shape index (κ3) is 1.91. The zero-order chi connectivity index (χ0) is 10.7. The van der Waals surface area contributed by atoms with Gasteiger partial charge in [-0.2, -0.15) is 0 Å². The maximum Gasteiger partial charge on any atom is 0.127 e. The molecule has 1 aromatic heterocycles. The monoisotopic (exact) mass is 200 g/mol. The molecule has 2 rings (SSSR count). The third-order valence-electron chi connectivity index (χ3n) is 2.10. The lowest BCUT2D eigenvalue weighted by Crippen LogP contribution is -1.84. The first-order valence-electron chi connectivity index (χ1n) is 4.50. The summed E-state index contributed by atoms with van der Waals surface area (Å²) in [6.07, 6.45) is 3.35. The van der Waals surface area contributed by atoms with Crippen molar-refractivity contribution in [3.63, 3.8) is 0 Å². The lowest BCUT2D eigenvalue weighted by Gasteiger charge is -2.05. The van der Waals surface area contributed by atoms with E-state index in [1.165, 1.54) is 0 Å². The first-order valence-corrected chi connectivity index (χ1v) is 4.50. The number of phenolic OH excluding ortho intramolecular Hbond substituents is 1. The maximum absolute atomic E-state index is 9.74. The molecule has 0 fully saturated rings. The van der Waals surface area contributed by atoms with Crippen LogP contribution in [-0.4, -0.2) is 17.2 Å². The average Bonchev–Trinajstić information content (AvgIpc) is 2.30. The third-order valence-corrected chi connectivity index (χ3v) is 2.10. The van der Waals surface area contributed by atoms with E-state index in [0.717, 1.165) is 5.56 Å². The Morgan fingerprint density at radius 3 is 2.67 bits per heavy atom. The average molecular weight is 200 g/mol. The van der Waals surface area contributed by atoms with Gasteiger partial charge >= 0.3 is 0 Å². The van der Waals surface area contributed by atoms with Crippen molar-refractivity contribution in [1.82, 2.24) is 4.98 Å². The quantitative estimate of drug-likeness (QED) is 0.808. The number of ether oxygens (including phenoxy) is 1. The summed E-state index contributed by atoms with van der Waals surface area (Å²) < 4.78 is 4.98. The Hall–Kier alpha value is -2.03. The summed E-state index contributed by atoms with van der Waals surface area (Å²) in [5, 5.41) is 9.74. The Labute approximate surface area is 88.0 Å². The molecule has 3 heteroatoms. The molecule has 0 saturated heterocycles. The highest BCUT2D eigenvalue weighted by Crippen LogP contribution is 2.31. The van der Waals surface area contributed by atoms with Gasteiger partial charge in [-0.25, -0.2) is 0 Å². The number of benzene rings is 1. The Kier molecular flexibility index (Phi) is 2.54. The smallest absolute Gasteiger partial charge is 0.127 e. The van der Waals surface area contributed by atoms with Gasteiger partial charge in [0, 0.05) is 24.0 Å². The lowest BCUT2D eigenvalue weighted by atomic mass is 10.1. The van der Waals surface area contributed by atoms with Crippen LogP contribution in [0.3, 0.4) is 0 Å². The van der Waals surface area contributed by atoms with Gasteiger partial charge in [-0.05, 0) is 29.8 Å². The van der Waals surface area contributed by atoms with Crippen molar-refractivity contribution in [2.24, 2.45) is 0 Å². The normalized spacial score (nSPS) is 9.93. The first kappa shape index (κ1) is 9.52. The molecule has 1 radical (unpaired) electrons. The molecule has 0 saturated carbocycles. The zero-order valence-corrected chi connectivity index (χ0v) is 8.27. The fraction of sp³-hybridized carbons (Fsp3) is 0.0833. The second-order valence-corrected chi connectivity index (χ2v) is 3.04. The number of hydrogen-bond donors (Lipinski definition) is 1. The van der Waals surface area contributed by atoms with Gasteiger partial charge in [0.2, 0.25) is 0 Å². The molecule has 15 heavy (non-hydrogen) atoms. The summed E-state index contributed by atoms with van der Waals surface area (Å²) in [5.74, 6) is 0.742. The van der Waals surface area contributed by atoms with E-state index in [1.807, 2.05) is 12.1 Å². The molecular formula is C12H10NO2. The molecule has 2 aromatic rings. The molecule has 0 bridgehead atoms. The Morgan fingerprint density at radius 2 is 2.07 bits per heavy atom. The predicted molar refractivity (Wildman–Crippen MR) is 56.7 cm³/mol. The van der Waals surface area contributed by atoms with E-state index in [1.54, 1.807) is 31.6 Å². The minimum absolute atomic E-state index is 0.153. The molecule has 1 heterocycles. The van der Waals surface area contributed by atoms with Crippen molar-refractivity contribution >= 4 is 0 Å². The number of hydrogen-bond acceptors (Lipinski definition) is 3. The highest BCUT2D eigenvalue weighted by Gasteiger charge is 2.05. The maximum atomic E-state index is 9.74. The van der Waals surface area contributed by atoms with Crippen LogP contribution in [-0.2, 0) is 0 Å². The summed E-state index contributed by atoms with van der Waals surface area (Å²) in [6.45, 7) is 0. The van der Waals surface area contributed by atoms with Gasteiger partial charge in [0.1, 0.15) is 11.5 Å². The van der Waals surface area contributed by atoms with Crippen molar-refractivity contribution in [3.05, 3.63) is 42.7 Å². The topological polar surface area (TPSA) is 42.4 Å². The predicted octanol–water partition coefficient (Wildman–Crippen LogP) is 2.26. The lowest BCUT2D eigenvalue weighted by molar-refractivity contribution is 0.408. The number of pyridine rings is 1. The van der Waals surface area contributed by atoms with Crippen molar-refractivity contribution in [3.8, 4) is 22.6 Å². The number of phenols is 1. The molecule has 75 valence electrons. The van der Waals surface area contributed by atoms with E-state index >= 15 is 0 Å². The second-order valence-electron chi connectivity index (χ2n) is 3.04. The Balaban J connectivity index is 2.46. The largest absolute Gasteiger partial charge is 0.507 e. The van der Waals surface area contributed by atoms with Gasteiger partial charge in [0.15, 0.2) is 0 Å². The number of nitrogens with zero attached hydrogens (tertiary/aromatic N) is 1. The summed E-state index contributed by atoms with van der Waals surface area (Å²) in [7, 11) is 1.55. The van der Waals surface area contributed by atoms with E-state index in [4.69, 9.17) is 4.74 Å². The second kappa shape index (κ2) is 4.00. The zero-order valence-electron chi connectivity index (χ0n) is 8.27.